The summed E-state index contributed by atoms with van der Waals surface area (Å²) in [6, 6.07) is 5.15. The zero-order valence-electron chi connectivity index (χ0n) is 18.4. The first-order valence-electron chi connectivity index (χ1n) is 11.2. The fourth-order valence-electron chi connectivity index (χ4n) is 4.73. The number of carbonyl (C=O) groups is 1. The van der Waals surface area contributed by atoms with Crippen LogP contribution in [0.2, 0.25) is 0 Å². The molecule has 9 heteroatoms. The van der Waals surface area contributed by atoms with Gasteiger partial charge in [-0.1, -0.05) is 12.1 Å². The van der Waals surface area contributed by atoms with E-state index in [0.29, 0.717) is 38.2 Å². The predicted molar refractivity (Wildman–Crippen MR) is 114 cm³/mol. The lowest BCUT2D eigenvalue weighted by molar-refractivity contribution is -0.258. The number of aliphatic hydroxyl groups excluding tert-OH is 1. The Balaban J connectivity index is 1.50. The van der Waals surface area contributed by atoms with Crippen molar-refractivity contribution >= 4 is 5.91 Å². The van der Waals surface area contributed by atoms with Crippen LogP contribution in [-0.2, 0) is 11.0 Å². The number of alkyl halides is 3. The average Bonchev–Trinajstić information content (AvgIpc) is 3.65. The zero-order valence-corrected chi connectivity index (χ0v) is 18.4. The summed E-state index contributed by atoms with van der Waals surface area (Å²) in [4.78, 5) is 23.7. The van der Waals surface area contributed by atoms with Crippen molar-refractivity contribution in [2.75, 3.05) is 6.61 Å². The lowest BCUT2D eigenvalue weighted by atomic mass is 9.70. The SMILES string of the molecule is C[C@](O)(c1ccc(C(=O)N(C2CC2)[C@H]2CC[C@](CO)(c3cnccn3)CC2)cc1)C(F)(F)F. The molecule has 4 rings (SSSR count). The molecule has 1 aromatic heterocycles. The minimum Gasteiger partial charge on any atom is -0.395 e. The normalized spacial score (nSPS) is 25.3. The number of hydrogen-bond acceptors (Lipinski definition) is 5. The van der Waals surface area contributed by atoms with Crippen molar-refractivity contribution in [1.29, 1.82) is 0 Å². The number of amides is 1. The topological polar surface area (TPSA) is 86.5 Å². The lowest BCUT2D eigenvalue weighted by Gasteiger charge is -2.42. The van der Waals surface area contributed by atoms with Crippen molar-refractivity contribution < 1.29 is 28.2 Å². The minimum absolute atomic E-state index is 0.0145. The second-order valence-electron chi connectivity index (χ2n) is 9.35. The number of aromatic nitrogens is 2. The van der Waals surface area contributed by atoms with Crippen LogP contribution in [0.5, 0.6) is 0 Å². The molecule has 2 aromatic rings. The van der Waals surface area contributed by atoms with Gasteiger partial charge in [-0.15, -0.1) is 0 Å². The molecule has 0 bridgehead atoms. The minimum atomic E-state index is -4.82. The van der Waals surface area contributed by atoms with E-state index in [1.54, 1.807) is 18.6 Å². The van der Waals surface area contributed by atoms with Gasteiger partial charge in [0.05, 0.1) is 12.3 Å². The highest BCUT2D eigenvalue weighted by Crippen LogP contribution is 2.43. The quantitative estimate of drug-likeness (QED) is 0.682. The van der Waals surface area contributed by atoms with Crippen molar-refractivity contribution in [3.8, 4) is 0 Å². The van der Waals surface area contributed by atoms with E-state index in [1.165, 1.54) is 12.1 Å². The Morgan fingerprint density at radius 2 is 1.70 bits per heavy atom. The zero-order chi connectivity index (χ0) is 23.9. The third-order valence-corrected chi connectivity index (χ3v) is 7.14. The van der Waals surface area contributed by atoms with Crippen molar-refractivity contribution in [1.82, 2.24) is 14.9 Å². The van der Waals surface area contributed by atoms with Gasteiger partial charge in [0.2, 0.25) is 0 Å². The Labute approximate surface area is 190 Å². The molecule has 1 heterocycles. The van der Waals surface area contributed by atoms with Crippen molar-refractivity contribution in [2.24, 2.45) is 0 Å². The van der Waals surface area contributed by atoms with Gasteiger partial charge in [-0.3, -0.25) is 14.8 Å². The van der Waals surface area contributed by atoms with Gasteiger partial charge in [-0.25, -0.2) is 0 Å². The molecular formula is C24H28F3N3O3. The summed E-state index contributed by atoms with van der Waals surface area (Å²) in [5, 5.41) is 20.0. The first kappa shape index (κ1) is 23.6. The van der Waals surface area contributed by atoms with Gasteiger partial charge in [-0.05, 0) is 63.1 Å². The summed E-state index contributed by atoms with van der Waals surface area (Å²) < 4.78 is 39.4. The molecule has 1 atom stereocenters. The van der Waals surface area contributed by atoms with E-state index < -0.39 is 17.2 Å². The maximum atomic E-state index is 13.4. The van der Waals surface area contributed by atoms with Gasteiger partial charge in [0.15, 0.2) is 5.60 Å². The van der Waals surface area contributed by atoms with Crippen LogP contribution in [0.15, 0.2) is 42.9 Å². The number of halogens is 3. The van der Waals surface area contributed by atoms with Crippen LogP contribution >= 0.6 is 0 Å². The number of aliphatic hydroxyl groups is 2. The summed E-state index contributed by atoms with van der Waals surface area (Å²) in [7, 11) is 0. The Hall–Kier alpha value is -2.52. The lowest BCUT2D eigenvalue weighted by Crippen LogP contribution is -2.47. The van der Waals surface area contributed by atoms with Crippen molar-refractivity contribution in [3.63, 3.8) is 0 Å². The molecule has 6 nitrogen and oxygen atoms in total. The van der Waals surface area contributed by atoms with E-state index in [0.717, 1.165) is 30.7 Å². The van der Waals surface area contributed by atoms with Crippen LogP contribution in [0.4, 0.5) is 13.2 Å². The molecular weight excluding hydrogens is 435 g/mol. The molecule has 0 saturated heterocycles. The Bertz CT molecular complexity index is 968. The van der Waals surface area contributed by atoms with E-state index in [2.05, 4.69) is 9.97 Å². The van der Waals surface area contributed by atoms with Crippen LogP contribution in [0.25, 0.3) is 0 Å². The van der Waals surface area contributed by atoms with Gasteiger partial charge in [0.25, 0.3) is 5.91 Å². The van der Waals surface area contributed by atoms with Crippen LogP contribution < -0.4 is 0 Å². The summed E-state index contributed by atoms with van der Waals surface area (Å²) in [6.45, 7) is 0.656. The predicted octanol–water partition coefficient (Wildman–Crippen LogP) is 3.72. The highest BCUT2D eigenvalue weighted by Gasteiger charge is 2.51. The van der Waals surface area contributed by atoms with Crippen LogP contribution in [0.1, 0.15) is 67.1 Å². The van der Waals surface area contributed by atoms with Gasteiger partial charge < -0.3 is 15.1 Å². The Morgan fingerprint density at radius 3 is 2.18 bits per heavy atom. The fraction of sp³-hybridized carbons (Fsp3) is 0.542. The standard InChI is InChI=1S/C24H28F3N3O3/c1-22(33,24(25,26)27)17-4-2-16(3-5-17)21(32)30(18-6-7-18)19-8-10-23(15-31,11-9-19)20-14-28-12-13-29-20/h2-5,12-14,18-19,31,33H,6-11,15H2,1H3/t19-,22-,23-/m0/s1. The number of benzene rings is 1. The Kier molecular flexibility index (Phi) is 6.22. The molecule has 2 aliphatic carbocycles. The molecule has 1 amide bonds. The van der Waals surface area contributed by atoms with Gasteiger partial charge >= 0.3 is 6.18 Å². The van der Waals surface area contributed by atoms with Crippen LogP contribution in [-0.4, -0.2) is 55.9 Å². The van der Waals surface area contributed by atoms with Crippen LogP contribution in [0, 0.1) is 0 Å². The van der Waals surface area contributed by atoms with E-state index in [-0.39, 0.29) is 30.2 Å². The number of carbonyl (C=O) groups excluding carboxylic acids is 1. The first-order chi connectivity index (χ1) is 15.6. The molecule has 0 aliphatic heterocycles. The van der Waals surface area contributed by atoms with E-state index in [9.17, 15) is 28.2 Å². The molecule has 0 radical (unpaired) electrons. The smallest absolute Gasteiger partial charge is 0.395 e. The molecule has 2 fully saturated rings. The summed E-state index contributed by atoms with van der Waals surface area (Å²) in [6.07, 6.45) is 4.58. The second kappa shape index (κ2) is 8.68. The number of rotatable bonds is 6. The van der Waals surface area contributed by atoms with Crippen molar-refractivity contribution in [3.05, 3.63) is 59.7 Å². The summed E-state index contributed by atoms with van der Waals surface area (Å²) in [5.41, 5.74) is -2.71. The fourth-order valence-corrected chi connectivity index (χ4v) is 4.73. The third kappa shape index (κ3) is 4.48. The first-order valence-corrected chi connectivity index (χ1v) is 11.2. The molecule has 2 aliphatic rings. The maximum absolute atomic E-state index is 13.4. The van der Waals surface area contributed by atoms with Crippen LogP contribution in [0.3, 0.4) is 0 Å². The number of hydrogen-bond donors (Lipinski definition) is 2. The molecule has 0 spiro atoms. The number of nitrogens with zero attached hydrogens (tertiary/aromatic N) is 3. The summed E-state index contributed by atoms with van der Waals surface area (Å²) in [5.74, 6) is -0.211. The molecule has 2 saturated carbocycles. The highest BCUT2D eigenvalue weighted by atomic mass is 19.4. The van der Waals surface area contributed by atoms with E-state index in [4.69, 9.17) is 0 Å². The third-order valence-electron chi connectivity index (χ3n) is 7.14. The molecule has 0 unspecified atom stereocenters. The second-order valence-corrected chi connectivity index (χ2v) is 9.35. The van der Waals surface area contributed by atoms with Gasteiger partial charge in [0, 0.05) is 41.7 Å². The molecule has 2 N–H and O–H groups in total. The molecule has 33 heavy (non-hydrogen) atoms. The highest BCUT2D eigenvalue weighted by molar-refractivity contribution is 5.95. The summed E-state index contributed by atoms with van der Waals surface area (Å²) >= 11 is 0. The van der Waals surface area contributed by atoms with E-state index >= 15 is 0 Å². The van der Waals surface area contributed by atoms with Gasteiger partial charge in [0.1, 0.15) is 0 Å². The van der Waals surface area contributed by atoms with Crippen molar-refractivity contribution in [2.45, 2.75) is 74.7 Å². The monoisotopic (exact) mass is 463 g/mol. The molecule has 1 aromatic carbocycles. The van der Waals surface area contributed by atoms with E-state index in [1.807, 2.05) is 4.90 Å². The average molecular weight is 464 g/mol. The molecule has 178 valence electrons. The Morgan fingerprint density at radius 1 is 1.09 bits per heavy atom. The maximum Gasteiger partial charge on any atom is 0.421 e. The van der Waals surface area contributed by atoms with Gasteiger partial charge in [-0.2, -0.15) is 13.2 Å². The largest absolute Gasteiger partial charge is 0.421 e.